The normalized spacial score (nSPS) is 11.5. The maximum atomic E-state index is 12.8. The van der Waals surface area contributed by atoms with Gasteiger partial charge in [0.05, 0.1) is 10.6 Å². The molecule has 0 aromatic heterocycles. The van der Waals surface area contributed by atoms with Crippen LogP contribution in [0.25, 0.3) is 6.08 Å². The summed E-state index contributed by atoms with van der Waals surface area (Å²) in [6.07, 6.45) is -2.21. The second-order valence-electron chi connectivity index (χ2n) is 5.35. The van der Waals surface area contributed by atoms with E-state index in [0.717, 1.165) is 18.2 Å². The number of rotatable bonds is 5. The van der Waals surface area contributed by atoms with Gasteiger partial charge in [0.25, 0.3) is 0 Å². The minimum Gasteiger partial charge on any atom is -0.366 e. The van der Waals surface area contributed by atoms with E-state index >= 15 is 0 Å². The second kappa shape index (κ2) is 8.05. The number of carbonyl (C=O) groups is 2. The third kappa shape index (κ3) is 5.35. The summed E-state index contributed by atoms with van der Waals surface area (Å²) in [4.78, 5) is 22.9. The van der Waals surface area contributed by atoms with Crippen molar-refractivity contribution in [1.29, 1.82) is 0 Å². The van der Waals surface area contributed by atoms with Gasteiger partial charge in [-0.05, 0) is 41.5 Å². The largest absolute Gasteiger partial charge is 0.417 e. The Morgan fingerprint density at radius 1 is 1.15 bits per heavy atom. The number of nitrogens with one attached hydrogen (secondary N) is 1. The highest BCUT2D eigenvalue weighted by molar-refractivity contribution is 6.31. The van der Waals surface area contributed by atoms with E-state index in [0.29, 0.717) is 11.1 Å². The van der Waals surface area contributed by atoms with Gasteiger partial charge < -0.3 is 11.1 Å². The molecule has 0 fully saturated rings. The molecule has 2 amide bonds. The van der Waals surface area contributed by atoms with Gasteiger partial charge in [-0.1, -0.05) is 29.8 Å². The molecule has 136 valence electrons. The average molecular weight is 383 g/mol. The number of benzene rings is 2. The summed E-state index contributed by atoms with van der Waals surface area (Å²) in [6.45, 7) is 0.138. The van der Waals surface area contributed by atoms with Crippen LogP contribution in [0, 0.1) is 0 Å². The number of hydrogen-bond donors (Lipinski definition) is 2. The van der Waals surface area contributed by atoms with E-state index in [4.69, 9.17) is 17.3 Å². The van der Waals surface area contributed by atoms with E-state index in [9.17, 15) is 22.8 Å². The molecule has 0 unspecified atom stereocenters. The monoisotopic (exact) mass is 382 g/mol. The van der Waals surface area contributed by atoms with Gasteiger partial charge in [0, 0.05) is 18.2 Å². The van der Waals surface area contributed by atoms with E-state index in [1.807, 2.05) is 0 Å². The molecule has 4 nitrogen and oxygen atoms in total. The van der Waals surface area contributed by atoms with Crippen molar-refractivity contribution < 1.29 is 22.8 Å². The van der Waals surface area contributed by atoms with E-state index in [-0.39, 0.29) is 12.1 Å². The molecule has 0 saturated heterocycles. The Balaban J connectivity index is 2.02. The molecule has 2 aromatic rings. The predicted molar refractivity (Wildman–Crippen MR) is 92.3 cm³/mol. The number of alkyl halides is 3. The molecule has 0 aliphatic rings. The molecule has 0 saturated carbocycles. The molecule has 0 heterocycles. The number of amides is 2. The fourth-order valence-corrected chi connectivity index (χ4v) is 2.34. The average Bonchev–Trinajstić information content (AvgIpc) is 2.58. The Hall–Kier alpha value is -2.80. The summed E-state index contributed by atoms with van der Waals surface area (Å²) in [5.74, 6) is -1.08. The zero-order valence-corrected chi connectivity index (χ0v) is 14.1. The molecule has 0 aliphatic carbocycles. The lowest BCUT2D eigenvalue weighted by atomic mass is 10.1. The second-order valence-corrected chi connectivity index (χ2v) is 5.76. The van der Waals surface area contributed by atoms with Gasteiger partial charge in [0.15, 0.2) is 0 Å². The maximum absolute atomic E-state index is 12.8. The van der Waals surface area contributed by atoms with Gasteiger partial charge in [0.2, 0.25) is 11.8 Å². The van der Waals surface area contributed by atoms with Crippen molar-refractivity contribution in [2.24, 2.45) is 5.73 Å². The van der Waals surface area contributed by atoms with Gasteiger partial charge in [-0.3, -0.25) is 9.59 Å². The van der Waals surface area contributed by atoms with Crippen molar-refractivity contribution >= 4 is 29.5 Å². The minimum absolute atomic E-state index is 0.138. The highest BCUT2D eigenvalue weighted by atomic mass is 35.5. The van der Waals surface area contributed by atoms with Crippen LogP contribution < -0.4 is 11.1 Å². The van der Waals surface area contributed by atoms with Crippen molar-refractivity contribution in [2.45, 2.75) is 12.7 Å². The minimum atomic E-state index is -4.57. The van der Waals surface area contributed by atoms with Crippen LogP contribution in [0.4, 0.5) is 13.2 Å². The zero-order chi connectivity index (χ0) is 19.3. The molecule has 0 aliphatic heterocycles. The SMILES string of the molecule is NC(=O)c1cccc(CNC(=O)/C=C/c2ccc(Cl)c(C(F)(F)F)c2)c1. The van der Waals surface area contributed by atoms with Crippen LogP contribution in [-0.4, -0.2) is 11.8 Å². The van der Waals surface area contributed by atoms with Crippen LogP contribution in [0.5, 0.6) is 0 Å². The summed E-state index contributed by atoms with van der Waals surface area (Å²) < 4.78 is 38.4. The lowest BCUT2D eigenvalue weighted by molar-refractivity contribution is -0.137. The third-order valence-electron chi connectivity index (χ3n) is 3.40. The number of primary amides is 1. The smallest absolute Gasteiger partial charge is 0.366 e. The molecule has 8 heteroatoms. The first-order valence-corrected chi connectivity index (χ1v) is 7.76. The van der Waals surface area contributed by atoms with Crippen molar-refractivity contribution in [3.8, 4) is 0 Å². The quantitative estimate of drug-likeness (QED) is 0.772. The van der Waals surface area contributed by atoms with E-state index in [2.05, 4.69) is 5.32 Å². The molecular weight excluding hydrogens is 369 g/mol. The van der Waals surface area contributed by atoms with Crippen molar-refractivity contribution in [3.05, 3.63) is 75.8 Å². The molecule has 3 N–H and O–H groups in total. The number of carbonyl (C=O) groups excluding carboxylic acids is 2. The van der Waals surface area contributed by atoms with Gasteiger partial charge in [-0.2, -0.15) is 13.2 Å². The molecular formula is C18H14ClF3N2O2. The molecule has 0 atom stereocenters. The highest BCUT2D eigenvalue weighted by Crippen LogP contribution is 2.35. The predicted octanol–water partition coefficient (Wildman–Crippen LogP) is 3.79. The van der Waals surface area contributed by atoms with Crippen LogP contribution >= 0.6 is 11.6 Å². The lowest BCUT2D eigenvalue weighted by Crippen LogP contribution is -2.20. The molecule has 0 radical (unpaired) electrons. The first-order chi connectivity index (χ1) is 12.2. The summed E-state index contributed by atoms with van der Waals surface area (Å²) >= 11 is 5.54. The van der Waals surface area contributed by atoms with Crippen molar-refractivity contribution in [3.63, 3.8) is 0 Å². The number of halogens is 4. The Labute approximate surface area is 152 Å². The first-order valence-electron chi connectivity index (χ1n) is 7.38. The van der Waals surface area contributed by atoms with Crippen molar-refractivity contribution in [2.75, 3.05) is 0 Å². The molecule has 2 aromatic carbocycles. The van der Waals surface area contributed by atoms with Gasteiger partial charge in [-0.25, -0.2) is 0 Å². The van der Waals surface area contributed by atoms with E-state index in [1.54, 1.807) is 24.3 Å². The third-order valence-corrected chi connectivity index (χ3v) is 3.73. The van der Waals surface area contributed by atoms with Crippen LogP contribution in [0.15, 0.2) is 48.5 Å². The summed E-state index contributed by atoms with van der Waals surface area (Å²) in [5, 5.41) is 2.16. The van der Waals surface area contributed by atoms with Gasteiger partial charge >= 0.3 is 6.18 Å². The Kier molecular flexibility index (Phi) is 6.05. The topological polar surface area (TPSA) is 72.2 Å². The first kappa shape index (κ1) is 19.5. The fourth-order valence-electron chi connectivity index (χ4n) is 2.12. The Morgan fingerprint density at radius 3 is 2.54 bits per heavy atom. The van der Waals surface area contributed by atoms with Crippen LogP contribution in [0.1, 0.15) is 27.0 Å². The summed E-state index contributed by atoms with van der Waals surface area (Å²) in [5.41, 5.74) is 5.37. The van der Waals surface area contributed by atoms with Crippen LogP contribution in [0.3, 0.4) is 0 Å². The highest BCUT2D eigenvalue weighted by Gasteiger charge is 2.33. The standard InChI is InChI=1S/C18H14ClF3N2O2/c19-15-6-4-11(9-14(15)18(20,21)22)5-7-16(25)24-10-12-2-1-3-13(8-12)17(23)26/h1-9H,10H2,(H2,23,26)(H,24,25)/b7-5+. The van der Waals surface area contributed by atoms with Crippen LogP contribution in [-0.2, 0) is 17.5 Å². The van der Waals surface area contributed by atoms with Gasteiger partial charge in [-0.15, -0.1) is 0 Å². The summed E-state index contributed by atoms with van der Waals surface area (Å²) in [7, 11) is 0. The van der Waals surface area contributed by atoms with E-state index in [1.165, 1.54) is 12.1 Å². The number of nitrogens with two attached hydrogens (primary N) is 1. The molecule has 0 spiro atoms. The van der Waals surface area contributed by atoms with Crippen molar-refractivity contribution in [1.82, 2.24) is 5.32 Å². The Morgan fingerprint density at radius 2 is 1.88 bits per heavy atom. The van der Waals surface area contributed by atoms with Gasteiger partial charge in [0.1, 0.15) is 0 Å². The summed E-state index contributed by atoms with van der Waals surface area (Å²) in [6, 6.07) is 9.78. The Bertz CT molecular complexity index is 864. The molecule has 26 heavy (non-hydrogen) atoms. The molecule has 2 rings (SSSR count). The molecule has 0 bridgehead atoms. The lowest BCUT2D eigenvalue weighted by Gasteiger charge is -2.09. The van der Waals surface area contributed by atoms with E-state index < -0.39 is 28.6 Å². The van der Waals surface area contributed by atoms with Crippen LogP contribution in [0.2, 0.25) is 5.02 Å². The number of hydrogen-bond acceptors (Lipinski definition) is 2. The maximum Gasteiger partial charge on any atom is 0.417 e. The zero-order valence-electron chi connectivity index (χ0n) is 13.3. The fraction of sp³-hybridized carbons (Fsp3) is 0.111.